The molecule has 0 amide bonds. The highest BCUT2D eigenvalue weighted by Gasteiger charge is 2.32. The van der Waals surface area contributed by atoms with Crippen molar-refractivity contribution in [2.24, 2.45) is 0 Å². The predicted molar refractivity (Wildman–Crippen MR) is 85.9 cm³/mol. The van der Waals surface area contributed by atoms with E-state index in [1.165, 1.54) is 4.31 Å². The van der Waals surface area contributed by atoms with Crippen molar-refractivity contribution < 1.29 is 13.2 Å². The number of rotatable bonds is 4. The second kappa shape index (κ2) is 6.38. The summed E-state index contributed by atoms with van der Waals surface area (Å²) in [6.07, 6.45) is -0.207. The summed E-state index contributed by atoms with van der Waals surface area (Å²) in [6, 6.07) is 16.5. The van der Waals surface area contributed by atoms with Gasteiger partial charge < -0.3 is 4.74 Å². The van der Waals surface area contributed by atoms with E-state index in [-0.39, 0.29) is 18.6 Å². The molecule has 0 N–H and O–H groups in total. The van der Waals surface area contributed by atoms with Crippen LogP contribution in [0.4, 0.5) is 0 Å². The lowest BCUT2D eigenvalue weighted by Gasteiger charge is -2.14. The first-order chi connectivity index (χ1) is 10.5. The Morgan fingerprint density at radius 2 is 1.77 bits per heavy atom. The van der Waals surface area contributed by atoms with Crippen LogP contribution in [-0.4, -0.2) is 26.0 Å². The number of halogens is 1. The zero-order chi connectivity index (χ0) is 15.6. The van der Waals surface area contributed by atoms with Crippen LogP contribution in [0.3, 0.4) is 0 Å². The normalized spacial score (nSPS) is 19.4. The molecule has 0 aromatic heterocycles. The minimum Gasteiger partial charge on any atom is -0.356 e. The van der Waals surface area contributed by atoms with Gasteiger partial charge in [0.25, 0.3) is 0 Å². The summed E-state index contributed by atoms with van der Waals surface area (Å²) >= 11 is 5.82. The Balaban J connectivity index is 1.70. The molecule has 1 unspecified atom stereocenters. The van der Waals surface area contributed by atoms with E-state index in [1.54, 1.807) is 24.3 Å². The average molecular weight is 338 g/mol. The van der Waals surface area contributed by atoms with Gasteiger partial charge in [-0.15, -0.1) is 0 Å². The second-order valence-electron chi connectivity index (χ2n) is 5.21. The summed E-state index contributed by atoms with van der Waals surface area (Å²) in [7, 11) is -3.40. The van der Waals surface area contributed by atoms with Crippen LogP contribution in [0.2, 0.25) is 5.02 Å². The van der Waals surface area contributed by atoms with Crippen LogP contribution >= 0.6 is 11.6 Å². The third-order valence-corrected chi connectivity index (χ3v) is 5.61. The van der Waals surface area contributed by atoms with Gasteiger partial charge in [0.05, 0.1) is 11.9 Å². The number of benzene rings is 2. The zero-order valence-corrected chi connectivity index (χ0v) is 13.4. The summed E-state index contributed by atoms with van der Waals surface area (Å²) in [5, 5.41) is 0.592. The van der Waals surface area contributed by atoms with Crippen molar-refractivity contribution in [3.63, 3.8) is 0 Å². The lowest BCUT2D eigenvalue weighted by molar-refractivity contribution is 0.104. The maximum atomic E-state index is 12.5. The van der Waals surface area contributed by atoms with Crippen molar-refractivity contribution >= 4 is 21.6 Å². The van der Waals surface area contributed by atoms with Gasteiger partial charge in [-0.25, -0.2) is 8.42 Å². The van der Waals surface area contributed by atoms with Crippen LogP contribution in [0, 0.1) is 0 Å². The van der Waals surface area contributed by atoms with Gasteiger partial charge in [0, 0.05) is 11.6 Å². The van der Waals surface area contributed by atoms with Gasteiger partial charge in [0.15, 0.2) is 0 Å². The summed E-state index contributed by atoms with van der Waals surface area (Å²) in [4.78, 5) is 0. The van der Waals surface area contributed by atoms with Gasteiger partial charge in [-0.1, -0.05) is 54.1 Å². The molecule has 1 fully saturated rings. The molecule has 1 atom stereocenters. The van der Waals surface area contributed by atoms with E-state index >= 15 is 0 Å². The molecule has 1 heterocycles. The topological polar surface area (TPSA) is 46.6 Å². The third kappa shape index (κ3) is 3.50. The van der Waals surface area contributed by atoms with Crippen LogP contribution in [-0.2, 0) is 20.5 Å². The Morgan fingerprint density at radius 3 is 2.45 bits per heavy atom. The molecule has 0 radical (unpaired) electrons. The molecule has 3 rings (SSSR count). The van der Waals surface area contributed by atoms with E-state index in [1.807, 2.05) is 30.3 Å². The molecule has 116 valence electrons. The highest BCUT2D eigenvalue weighted by atomic mass is 35.5. The molecule has 1 aliphatic rings. The standard InChI is InChI=1S/C16H16ClNO3S/c17-15-8-6-13(7-9-15)11-22(19,20)18-10-16(21-12-18)14-4-2-1-3-5-14/h1-9,16H,10-12H2. The Morgan fingerprint density at radius 1 is 1.09 bits per heavy atom. The van der Waals surface area contributed by atoms with Crippen LogP contribution in [0.1, 0.15) is 17.2 Å². The summed E-state index contributed by atoms with van der Waals surface area (Å²) < 4.78 is 32.0. The number of hydrogen-bond donors (Lipinski definition) is 0. The van der Waals surface area contributed by atoms with Crippen molar-refractivity contribution in [2.75, 3.05) is 13.3 Å². The Hall–Kier alpha value is -1.40. The summed E-state index contributed by atoms with van der Waals surface area (Å²) in [5.41, 5.74) is 1.71. The lowest BCUT2D eigenvalue weighted by atomic mass is 10.1. The van der Waals surface area contributed by atoms with Crippen LogP contribution in [0.25, 0.3) is 0 Å². The van der Waals surface area contributed by atoms with E-state index in [4.69, 9.17) is 16.3 Å². The summed E-state index contributed by atoms with van der Waals surface area (Å²) in [5.74, 6) is -0.0466. The number of sulfonamides is 1. The predicted octanol–water partition coefficient (Wildman–Crippen LogP) is 3.20. The first-order valence-electron chi connectivity index (χ1n) is 6.93. The first-order valence-corrected chi connectivity index (χ1v) is 8.92. The van der Waals surface area contributed by atoms with Crippen LogP contribution < -0.4 is 0 Å². The minimum atomic E-state index is -3.40. The quantitative estimate of drug-likeness (QED) is 0.860. The molecule has 0 bridgehead atoms. The maximum Gasteiger partial charge on any atom is 0.220 e. The smallest absolute Gasteiger partial charge is 0.220 e. The van der Waals surface area contributed by atoms with Gasteiger partial charge in [0.2, 0.25) is 10.0 Å². The van der Waals surface area contributed by atoms with E-state index in [2.05, 4.69) is 0 Å². The molecule has 6 heteroatoms. The summed E-state index contributed by atoms with van der Waals surface area (Å²) in [6.45, 7) is 0.440. The second-order valence-corrected chi connectivity index (χ2v) is 7.62. The van der Waals surface area contributed by atoms with Crippen LogP contribution in [0.5, 0.6) is 0 Å². The van der Waals surface area contributed by atoms with Crippen molar-refractivity contribution in [2.45, 2.75) is 11.9 Å². The highest BCUT2D eigenvalue weighted by molar-refractivity contribution is 7.88. The van der Waals surface area contributed by atoms with Gasteiger partial charge in [-0.2, -0.15) is 4.31 Å². The van der Waals surface area contributed by atoms with Crippen molar-refractivity contribution in [1.82, 2.24) is 4.31 Å². The Bertz CT molecular complexity index is 732. The number of hydrogen-bond acceptors (Lipinski definition) is 3. The van der Waals surface area contributed by atoms with E-state index in [9.17, 15) is 8.42 Å². The van der Waals surface area contributed by atoms with Crippen molar-refractivity contribution in [3.8, 4) is 0 Å². The number of ether oxygens (including phenoxy) is 1. The molecule has 0 saturated carbocycles. The highest BCUT2D eigenvalue weighted by Crippen LogP contribution is 2.27. The first kappa shape index (κ1) is 15.5. The number of nitrogens with zero attached hydrogens (tertiary/aromatic N) is 1. The van der Waals surface area contributed by atoms with Crippen molar-refractivity contribution in [1.29, 1.82) is 0 Å². The van der Waals surface area contributed by atoms with Gasteiger partial charge in [0.1, 0.15) is 6.73 Å². The van der Waals surface area contributed by atoms with Crippen molar-refractivity contribution in [3.05, 3.63) is 70.7 Å². The van der Waals surface area contributed by atoms with E-state index in [0.29, 0.717) is 17.1 Å². The molecule has 1 aliphatic heterocycles. The monoisotopic (exact) mass is 337 g/mol. The molecule has 1 saturated heterocycles. The average Bonchev–Trinajstić information content (AvgIpc) is 3.01. The minimum absolute atomic E-state index is 0.0466. The molecule has 2 aromatic rings. The Labute approximate surface area is 135 Å². The van der Waals surface area contributed by atoms with Crippen LogP contribution in [0.15, 0.2) is 54.6 Å². The van der Waals surface area contributed by atoms with E-state index in [0.717, 1.165) is 5.56 Å². The SMILES string of the molecule is O=S(=O)(Cc1ccc(Cl)cc1)N1COC(c2ccccc2)C1. The lowest BCUT2D eigenvalue weighted by Crippen LogP contribution is -2.29. The van der Waals surface area contributed by atoms with Gasteiger partial charge in [-0.3, -0.25) is 0 Å². The van der Waals surface area contributed by atoms with E-state index < -0.39 is 10.0 Å². The van der Waals surface area contributed by atoms with Gasteiger partial charge >= 0.3 is 0 Å². The molecular formula is C16H16ClNO3S. The fourth-order valence-corrected chi connectivity index (χ4v) is 3.92. The molecule has 0 aliphatic carbocycles. The molecular weight excluding hydrogens is 322 g/mol. The Kier molecular flexibility index (Phi) is 4.49. The van der Waals surface area contributed by atoms with Gasteiger partial charge in [-0.05, 0) is 23.3 Å². The molecule has 4 nitrogen and oxygen atoms in total. The molecule has 2 aromatic carbocycles. The zero-order valence-electron chi connectivity index (χ0n) is 11.9. The largest absolute Gasteiger partial charge is 0.356 e. The fourth-order valence-electron chi connectivity index (χ4n) is 2.41. The maximum absolute atomic E-state index is 12.5. The molecule has 0 spiro atoms. The fraction of sp³-hybridized carbons (Fsp3) is 0.250. The third-order valence-electron chi connectivity index (χ3n) is 3.62. The molecule has 22 heavy (non-hydrogen) atoms.